The Balaban J connectivity index is 2.63. The molecule has 0 aliphatic heterocycles. The second kappa shape index (κ2) is 6.36. The molecule has 0 bridgehead atoms. The minimum Gasteiger partial charge on any atom is -0.394 e. The van der Waals surface area contributed by atoms with Crippen molar-refractivity contribution >= 4 is 28.2 Å². The predicted molar refractivity (Wildman–Crippen MR) is 67.3 cm³/mol. The molecular formula is C11H16N2O3S. The number of thiophene rings is 1. The van der Waals surface area contributed by atoms with Crippen LogP contribution in [0.4, 0.5) is 5.00 Å². The van der Waals surface area contributed by atoms with Crippen LogP contribution < -0.4 is 10.6 Å². The molecule has 94 valence electrons. The Bertz CT molecular complexity index is 399. The third kappa shape index (κ3) is 4.16. The van der Waals surface area contributed by atoms with E-state index in [1.165, 1.54) is 18.3 Å². The summed E-state index contributed by atoms with van der Waals surface area (Å²) in [5, 5.41) is 14.9. The van der Waals surface area contributed by atoms with E-state index in [4.69, 9.17) is 5.11 Å². The van der Waals surface area contributed by atoms with Gasteiger partial charge in [-0.15, -0.1) is 11.3 Å². The molecule has 0 aliphatic rings. The molecule has 3 N–H and O–H groups in total. The molecule has 2 amide bonds. The number of aliphatic hydroxyl groups is 1. The summed E-state index contributed by atoms with van der Waals surface area (Å²) < 4.78 is 0. The van der Waals surface area contributed by atoms with Crippen LogP contribution in [-0.4, -0.2) is 29.6 Å². The van der Waals surface area contributed by atoms with E-state index >= 15 is 0 Å². The van der Waals surface area contributed by atoms with Crippen molar-refractivity contribution in [3.05, 3.63) is 17.0 Å². The lowest BCUT2D eigenvalue weighted by atomic mass is 10.2. The number of rotatable bonds is 5. The first-order chi connectivity index (χ1) is 8.06. The molecule has 6 heteroatoms. The molecule has 0 radical (unpaired) electrons. The van der Waals surface area contributed by atoms with Crippen molar-refractivity contribution < 1.29 is 14.7 Å². The Labute approximate surface area is 104 Å². The first-order valence-corrected chi connectivity index (χ1v) is 6.17. The highest BCUT2D eigenvalue weighted by atomic mass is 32.1. The lowest BCUT2D eigenvalue weighted by molar-refractivity contribution is -0.114. The second-order valence-electron chi connectivity index (χ2n) is 3.61. The maximum atomic E-state index is 11.7. The summed E-state index contributed by atoms with van der Waals surface area (Å²) in [7, 11) is 0. The molecule has 5 nitrogen and oxygen atoms in total. The minimum atomic E-state index is -0.229. The molecule has 0 saturated carbocycles. The van der Waals surface area contributed by atoms with Gasteiger partial charge in [-0.2, -0.15) is 0 Å². The van der Waals surface area contributed by atoms with Crippen LogP contribution in [0.3, 0.4) is 0 Å². The van der Waals surface area contributed by atoms with E-state index in [0.717, 1.165) is 0 Å². The SMILES string of the molecule is CC[C@@H](CO)NC(=O)c1ccc(NC(C)=O)s1. The molecule has 1 rings (SSSR count). The maximum Gasteiger partial charge on any atom is 0.261 e. The quantitative estimate of drug-likeness (QED) is 0.741. The molecule has 0 spiro atoms. The monoisotopic (exact) mass is 256 g/mol. The molecule has 0 saturated heterocycles. The number of anilines is 1. The zero-order chi connectivity index (χ0) is 12.8. The first-order valence-electron chi connectivity index (χ1n) is 5.36. The van der Waals surface area contributed by atoms with Crippen molar-refractivity contribution in [2.45, 2.75) is 26.3 Å². The van der Waals surface area contributed by atoms with Crippen LogP contribution >= 0.6 is 11.3 Å². The molecule has 17 heavy (non-hydrogen) atoms. The zero-order valence-corrected chi connectivity index (χ0v) is 10.6. The van der Waals surface area contributed by atoms with Crippen LogP contribution in [0.5, 0.6) is 0 Å². The fraction of sp³-hybridized carbons (Fsp3) is 0.455. The molecule has 1 aromatic rings. The number of carbonyl (C=O) groups excluding carboxylic acids is 2. The molecule has 0 unspecified atom stereocenters. The highest BCUT2D eigenvalue weighted by Crippen LogP contribution is 2.21. The number of nitrogens with one attached hydrogen (secondary N) is 2. The van der Waals surface area contributed by atoms with Gasteiger partial charge in [0.15, 0.2) is 0 Å². The van der Waals surface area contributed by atoms with Crippen molar-refractivity contribution in [3.8, 4) is 0 Å². The number of hydrogen-bond donors (Lipinski definition) is 3. The van der Waals surface area contributed by atoms with Gasteiger partial charge >= 0.3 is 0 Å². The van der Waals surface area contributed by atoms with Crippen LogP contribution in [0.15, 0.2) is 12.1 Å². The molecule has 0 aliphatic carbocycles. The summed E-state index contributed by atoms with van der Waals surface area (Å²) in [4.78, 5) is 23.1. The van der Waals surface area contributed by atoms with Crippen molar-refractivity contribution in [3.63, 3.8) is 0 Å². The summed E-state index contributed by atoms with van der Waals surface area (Å²) in [6.45, 7) is 3.23. The van der Waals surface area contributed by atoms with Gasteiger partial charge in [-0.25, -0.2) is 0 Å². The fourth-order valence-corrected chi connectivity index (χ4v) is 2.09. The van der Waals surface area contributed by atoms with Crippen LogP contribution in [0.1, 0.15) is 29.9 Å². The van der Waals surface area contributed by atoms with Crippen molar-refractivity contribution in [1.82, 2.24) is 5.32 Å². The Morgan fingerprint density at radius 3 is 2.71 bits per heavy atom. The standard InChI is InChI=1S/C11H16N2O3S/c1-3-8(6-14)13-11(16)9-4-5-10(17-9)12-7(2)15/h4-5,8,14H,3,6H2,1-2H3,(H,12,15)(H,13,16)/t8-/m0/s1. The van der Waals surface area contributed by atoms with Gasteiger partial charge in [-0.3, -0.25) is 9.59 Å². The van der Waals surface area contributed by atoms with E-state index in [2.05, 4.69) is 10.6 Å². The summed E-state index contributed by atoms with van der Waals surface area (Å²) in [6.07, 6.45) is 0.673. The summed E-state index contributed by atoms with van der Waals surface area (Å²) >= 11 is 1.21. The highest BCUT2D eigenvalue weighted by Gasteiger charge is 2.13. The van der Waals surface area contributed by atoms with Gasteiger partial charge in [0.2, 0.25) is 5.91 Å². The predicted octanol–water partition coefficient (Wildman–Crippen LogP) is 1.21. The van der Waals surface area contributed by atoms with Gasteiger partial charge in [-0.1, -0.05) is 6.92 Å². The number of carbonyl (C=O) groups is 2. The second-order valence-corrected chi connectivity index (χ2v) is 4.69. The van der Waals surface area contributed by atoms with E-state index < -0.39 is 0 Å². The van der Waals surface area contributed by atoms with Crippen LogP contribution in [-0.2, 0) is 4.79 Å². The third-order valence-corrected chi connectivity index (χ3v) is 3.18. The van der Waals surface area contributed by atoms with Crippen molar-refractivity contribution in [2.75, 3.05) is 11.9 Å². The third-order valence-electron chi connectivity index (χ3n) is 2.18. The number of hydrogen-bond acceptors (Lipinski definition) is 4. The van der Waals surface area contributed by atoms with Gasteiger partial charge < -0.3 is 15.7 Å². The van der Waals surface area contributed by atoms with E-state index in [1.807, 2.05) is 6.92 Å². The Kier molecular flexibility index (Phi) is 5.11. The van der Waals surface area contributed by atoms with E-state index in [1.54, 1.807) is 12.1 Å². The van der Waals surface area contributed by atoms with Crippen LogP contribution in [0.25, 0.3) is 0 Å². The van der Waals surface area contributed by atoms with Gasteiger partial charge in [0.25, 0.3) is 5.91 Å². The molecule has 1 heterocycles. The van der Waals surface area contributed by atoms with Gasteiger partial charge in [0.1, 0.15) is 0 Å². The summed E-state index contributed by atoms with van der Waals surface area (Å²) in [5.74, 6) is -0.395. The Hall–Kier alpha value is -1.40. The number of aliphatic hydroxyl groups excluding tert-OH is 1. The molecule has 1 aromatic heterocycles. The Morgan fingerprint density at radius 2 is 2.18 bits per heavy atom. The van der Waals surface area contributed by atoms with E-state index in [0.29, 0.717) is 16.3 Å². The largest absolute Gasteiger partial charge is 0.394 e. The van der Waals surface area contributed by atoms with Crippen LogP contribution in [0.2, 0.25) is 0 Å². The van der Waals surface area contributed by atoms with Gasteiger partial charge in [0.05, 0.1) is 22.5 Å². The van der Waals surface area contributed by atoms with Gasteiger partial charge in [0, 0.05) is 6.92 Å². The van der Waals surface area contributed by atoms with E-state index in [9.17, 15) is 9.59 Å². The summed E-state index contributed by atoms with van der Waals surface area (Å²) in [6, 6.07) is 3.10. The lowest BCUT2D eigenvalue weighted by Crippen LogP contribution is -2.36. The zero-order valence-electron chi connectivity index (χ0n) is 9.82. The highest BCUT2D eigenvalue weighted by molar-refractivity contribution is 7.18. The number of amides is 2. The lowest BCUT2D eigenvalue weighted by Gasteiger charge is -2.12. The van der Waals surface area contributed by atoms with E-state index in [-0.39, 0.29) is 24.5 Å². The first kappa shape index (κ1) is 13.7. The average molecular weight is 256 g/mol. The van der Waals surface area contributed by atoms with Crippen molar-refractivity contribution in [2.24, 2.45) is 0 Å². The summed E-state index contributed by atoms with van der Waals surface area (Å²) in [5.41, 5.74) is 0. The topological polar surface area (TPSA) is 78.4 Å². The Morgan fingerprint density at radius 1 is 1.47 bits per heavy atom. The molecule has 1 atom stereocenters. The molecule has 0 aromatic carbocycles. The minimum absolute atomic E-state index is 0.0772. The fourth-order valence-electron chi connectivity index (χ4n) is 1.23. The van der Waals surface area contributed by atoms with Crippen LogP contribution in [0, 0.1) is 0 Å². The smallest absolute Gasteiger partial charge is 0.261 e. The normalized spacial score (nSPS) is 11.9. The molecule has 0 fully saturated rings. The average Bonchev–Trinajstić information content (AvgIpc) is 2.73. The molecular weight excluding hydrogens is 240 g/mol. The van der Waals surface area contributed by atoms with Gasteiger partial charge in [-0.05, 0) is 18.6 Å². The maximum absolute atomic E-state index is 11.7. The van der Waals surface area contributed by atoms with Crippen molar-refractivity contribution in [1.29, 1.82) is 0 Å².